The fraction of sp³-hybridized carbons (Fsp3) is 0.353. The highest BCUT2D eigenvalue weighted by Crippen LogP contribution is 2.22. The van der Waals surface area contributed by atoms with Crippen molar-refractivity contribution >= 4 is 28.7 Å². The van der Waals surface area contributed by atoms with Crippen molar-refractivity contribution in [2.75, 3.05) is 5.75 Å². The number of aromatic nitrogens is 4. The molecule has 0 unspecified atom stereocenters. The van der Waals surface area contributed by atoms with Crippen LogP contribution in [-0.2, 0) is 31.9 Å². The van der Waals surface area contributed by atoms with Gasteiger partial charge in [-0.15, -0.1) is 0 Å². The molecule has 1 N–H and O–H groups in total. The summed E-state index contributed by atoms with van der Waals surface area (Å²) in [6.45, 7) is 2.16. The lowest BCUT2D eigenvalue weighted by molar-refractivity contribution is -0.118. The quantitative estimate of drug-likeness (QED) is 0.485. The van der Waals surface area contributed by atoms with Gasteiger partial charge in [0.05, 0.1) is 18.6 Å². The lowest BCUT2D eigenvalue weighted by Gasteiger charge is -2.11. The average molecular weight is 389 g/mol. The first-order chi connectivity index (χ1) is 12.9. The maximum absolute atomic E-state index is 12.6. The predicted molar refractivity (Wildman–Crippen MR) is 101 cm³/mol. The van der Waals surface area contributed by atoms with Crippen molar-refractivity contribution in [1.82, 2.24) is 24.4 Å². The van der Waals surface area contributed by atoms with E-state index in [1.54, 1.807) is 19.2 Å². The highest BCUT2D eigenvalue weighted by Gasteiger charge is 2.18. The lowest BCUT2D eigenvalue weighted by Crippen LogP contribution is -2.38. The molecule has 27 heavy (non-hydrogen) atoms. The van der Waals surface area contributed by atoms with E-state index in [0.29, 0.717) is 23.0 Å². The van der Waals surface area contributed by atoms with Gasteiger partial charge in [0.25, 0.3) is 5.56 Å². The van der Waals surface area contributed by atoms with Crippen LogP contribution in [0.3, 0.4) is 0 Å². The Balaban J connectivity index is 1.90. The van der Waals surface area contributed by atoms with E-state index < -0.39 is 11.2 Å². The third-order valence-corrected chi connectivity index (χ3v) is 4.98. The van der Waals surface area contributed by atoms with E-state index in [1.165, 1.54) is 17.9 Å². The zero-order chi connectivity index (χ0) is 19.6. The van der Waals surface area contributed by atoms with Gasteiger partial charge in [0, 0.05) is 20.5 Å². The van der Waals surface area contributed by atoms with Crippen molar-refractivity contribution in [3.8, 4) is 0 Å². The summed E-state index contributed by atoms with van der Waals surface area (Å²) >= 11 is 1.14. The molecule has 142 valence electrons. The molecule has 3 aromatic heterocycles. The van der Waals surface area contributed by atoms with E-state index in [0.717, 1.165) is 16.3 Å². The molecule has 0 aliphatic heterocycles. The first-order valence-corrected chi connectivity index (χ1v) is 9.29. The lowest BCUT2D eigenvalue weighted by atomic mass is 10.3. The molecule has 0 atom stereocenters. The largest absolute Gasteiger partial charge is 0.467 e. The van der Waals surface area contributed by atoms with Gasteiger partial charge in [-0.25, -0.2) is 14.8 Å². The monoisotopic (exact) mass is 389 g/mol. The number of carbonyl (C=O) groups excluding carboxylic acids is 1. The normalized spacial score (nSPS) is 11.1. The Morgan fingerprint density at radius 1 is 1.26 bits per heavy atom. The van der Waals surface area contributed by atoms with Gasteiger partial charge in [-0.05, 0) is 12.1 Å². The Bertz CT molecular complexity index is 1100. The molecule has 9 nitrogen and oxygen atoms in total. The second-order valence-electron chi connectivity index (χ2n) is 5.85. The third-order valence-electron chi connectivity index (χ3n) is 4.01. The van der Waals surface area contributed by atoms with Crippen LogP contribution in [0.1, 0.15) is 18.5 Å². The number of amides is 1. The average Bonchev–Trinajstić information content (AvgIpc) is 3.20. The first-order valence-electron chi connectivity index (χ1n) is 8.30. The molecule has 0 saturated carbocycles. The highest BCUT2D eigenvalue weighted by molar-refractivity contribution is 8.00. The van der Waals surface area contributed by atoms with E-state index in [2.05, 4.69) is 15.3 Å². The Labute approximate surface area is 158 Å². The number of fused-ring (bicyclic) bond motifs is 1. The molecular formula is C17H19N5O4S. The molecule has 10 heteroatoms. The van der Waals surface area contributed by atoms with Crippen LogP contribution >= 0.6 is 11.8 Å². The number of hydrogen-bond donors (Lipinski definition) is 1. The fourth-order valence-corrected chi connectivity index (χ4v) is 3.38. The van der Waals surface area contributed by atoms with Crippen molar-refractivity contribution < 1.29 is 9.21 Å². The van der Waals surface area contributed by atoms with Crippen LogP contribution in [0.5, 0.6) is 0 Å². The molecule has 0 aliphatic carbocycles. The van der Waals surface area contributed by atoms with Crippen molar-refractivity contribution in [2.24, 2.45) is 14.1 Å². The Morgan fingerprint density at radius 3 is 2.70 bits per heavy atom. The van der Waals surface area contributed by atoms with Crippen LogP contribution in [0.2, 0.25) is 0 Å². The van der Waals surface area contributed by atoms with Crippen LogP contribution in [0.4, 0.5) is 0 Å². The number of thioether (sulfide) groups is 1. The van der Waals surface area contributed by atoms with E-state index >= 15 is 0 Å². The van der Waals surface area contributed by atoms with Crippen LogP contribution in [0, 0.1) is 0 Å². The van der Waals surface area contributed by atoms with Gasteiger partial charge in [-0.3, -0.25) is 18.7 Å². The van der Waals surface area contributed by atoms with Crippen LogP contribution in [0.25, 0.3) is 11.0 Å². The van der Waals surface area contributed by atoms with Gasteiger partial charge in [0.1, 0.15) is 22.0 Å². The zero-order valence-electron chi connectivity index (χ0n) is 15.2. The minimum atomic E-state index is -0.478. The first kappa shape index (κ1) is 18.9. The molecule has 0 aromatic carbocycles. The van der Waals surface area contributed by atoms with E-state index in [1.807, 2.05) is 6.92 Å². The molecule has 0 saturated heterocycles. The maximum atomic E-state index is 12.6. The Morgan fingerprint density at radius 2 is 2.04 bits per heavy atom. The number of rotatable bonds is 6. The molecule has 3 heterocycles. The van der Waals surface area contributed by atoms with Crippen molar-refractivity contribution in [1.29, 1.82) is 0 Å². The molecule has 0 bridgehead atoms. The number of nitrogens with one attached hydrogen (secondary N) is 1. The number of hydrogen-bond acceptors (Lipinski definition) is 7. The number of carbonyl (C=O) groups is 1. The van der Waals surface area contributed by atoms with Crippen LogP contribution in [0.15, 0.2) is 37.4 Å². The Hall–Kier alpha value is -2.88. The summed E-state index contributed by atoms with van der Waals surface area (Å²) in [5.74, 6) is 1.01. The summed E-state index contributed by atoms with van der Waals surface area (Å²) in [5.41, 5.74) is -0.664. The van der Waals surface area contributed by atoms with Gasteiger partial charge in [-0.2, -0.15) is 0 Å². The predicted octanol–water partition coefficient (Wildman–Crippen LogP) is 0.591. The topological polar surface area (TPSA) is 112 Å². The minimum Gasteiger partial charge on any atom is -0.467 e. The summed E-state index contributed by atoms with van der Waals surface area (Å²) in [7, 11) is 2.96. The van der Waals surface area contributed by atoms with Gasteiger partial charge in [-0.1, -0.05) is 18.7 Å². The molecule has 0 fully saturated rings. The van der Waals surface area contributed by atoms with Crippen LogP contribution in [-0.4, -0.2) is 30.8 Å². The summed E-state index contributed by atoms with van der Waals surface area (Å²) in [6, 6.07) is 3.51. The summed E-state index contributed by atoms with van der Waals surface area (Å²) < 4.78 is 7.50. The summed E-state index contributed by atoms with van der Waals surface area (Å²) in [6.07, 6.45) is 2.08. The molecule has 3 rings (SSSR count). The standard InChI is InChI=1S/C17H19N5O4S/c1-4-11-19-14-13(16(24)22(3)17(25)21(14)2)15(20-11)27-9-12(23)18-8-10-6-5-7-26-10/h5-7H,4,8-9H2,1-3H3,(H,18,23). The minimum absolute atomic E-state index is 0.0714. The second kappa shape index (κ2) is 7.78. The zero-order valence-corrected chi connectivity index (χ0v) is 16.0. The highest BCUT2D eigenvalue weighted by atomic mass is 32.2. The molecule has 1 amide bonds. The van der Waals surface area contributed by atoms with Crippen LogP contribution < -0.4 is 16.6 Å². The smallest absolute Gasteiger partial charge is 0.332 e. The van der Waals surface area contributed by atoms with Gasteiger partial charge in [0.2, 0.25) is 5.91 Å². The fourth-order valence-electron chi connectivity index (χ4n) is 2.52. The van der Waals surface area contributed by atoms with Crippen molar-refractivity contribution in [3.63, 3.8) is 0 Å². The van der Waals surface area contributed by atoms with Crippen molar-refractivity contribution in [2.45, 2.75) is 24.9 Å². The summed E-state index contributed by atoms with van der Waals surface area (Å²) in [4.78, 5) is 45.6. The van der Waals surface area contributed by atoms with Gasteiger partial charge < -0.3 is 9.73 Å². The maximum Gasteiger partial charge on any atom is 0.332 e. The van der Waals surface area contributed by atoms with E-state index in [9.17, 15) is 14.4 Å². The SMILES string of the molecule is CCc1nc(SCC(=O)NCc2ccco2)c2c(=O)n(C)c(=O)n(C)c2n1. The molecule has 3 aromatic rings. The summed E-state index contributed by atoms with van der Waals surface area (Å²) in [5, 5.41) is 3.37. The Kier molecular flexibility index (Phi) is 5.45. The molecule has 0 spiro atoms. The number of nitrogens with zero attached hydrogens (tertiary/aromatic N) is 4. The molecular weight excluding hydrogens is 370 g/mol. The van der Waals surface area contributed by atoms with Gasteiger partial charge in [0.15, 0.2) is 5.65 Å². The molecule has 0 radical (unpaired) electrons. The van der Waals surface area contributed by atoms with Crippen molar-refractivity contribution in [3.05, 3.63) is 50.8 Å². The van der Waals surface area contributed by atoms with E-state index in [-0.39, 0.29) is 29.2 Å². The third kappa shape index (κ3) is 3.80. The second-order valence-corrected chi connectivity index (χ2v) is 6.81. The van der Waals surface area contributed by atoms with E-state index in [4.69, 9.17) is 4.42 Å². The molecule has 0 aliphatic rings. The number of furan rings is 1. The number of aryl methyl sites for hydroxylation is 2. The van der Waals surface area contributed by atoms with Gasteiger partial charge >= 0.3 is 5.69 Å².